The van der Waals surface area contributed by atoms with Gasteiger partial charge in [-0.25, -0.2) is 0 Å². The number of carbonyl (C=O) groups is 1. The van der Waals surface area contributed by atoms with Gasteiger partial charge in [-0.3, -0.25) is 4.79 Å². The Morgan fingerprint density at radius 1 is 1.14 bits per heavy atom. The first-order valence-corrected chi connectivity index (χ1v) is 9.25. The van der Waals surface area contributed by atoms with Crippen molar-refractivity contribution in [3.8, 4) is 0 Å². The summed E-state index contributed by atoms with van der Waals surface area (Å²) >= 11 is 3.44. The average Bonchev–Trinajstić information content (AvgIpc) is 2.47. The van der Waals surface area contributed by atoms with Crippen molar-refractivity contribution in [2.75, 3.05) is 0 Å². The van der Waals surface area contributed by atoms with Crippen LogP contribution in [-0.2, 0) is 6.42 Å². The largest absolute Gasteiger partial charge is 0.298 e. The van der Waals surface area contributed by atoms with Gasteiger partial charge in [0.05, 0.1) is 0 Å². The summed E-state index contributed by atoms with van der Waals surface area (Å²) in [5.74, 6) is 1.82. The average molecular weight is 351 g/mol. The van der Waals surface area contributed by atoms with Crippen LogP contribution in [0.5, 0.6) is 0 Å². The molecule has 1 saturated carbocycles. The minimum atomic E-state index is 0.848. The summed E-state index contributed by atoms with van der Waals surface area (Å²) in [6, 6.07) is 6.09. The Bertz CT molecular complexity index is 445. The molecule has 0 unspecified atom stereocenters. The van der Waals surface area contributed by atoms with Crippen LogP contribution in [0, 0.1) is 11.8 Å². The van der Waals surface area contributed by atoms with Gasteiger partial charge in [-0.1, -0.05) is 73.9 Å². The van der Waals surface area contributed by atoms with Crippen molar-refractivity contribution in [3.63, 3.8) is 0 Å². The van der Waals surface area contributed by atoms with Crippen molar-refractivity contribution >= 4 is 22.2 Å². The molecule has 1 aliphatic rings. The fourth-order valence-corrected chi connectivity index (χ4v) is 4.02. The molecule has 0 aromatic heterocycles. The van der Waals surface area contributed by atoms with Gasteiger partial charge in [-0.2, -0.15) is 0 Å². The van der Waals surface area contributed by atoms with Crippen LogP contribution < -0.4 is 0 Å². The third-order valence-corrected chi connectivity index (χ3v) is 5.58. The summed E-state index contributed by atoms with van der Waals surface area (Å²) in [7, 11) is 0. The molecular formula is C19H27BrO. The number of rotatable bonds is 5. The van der Waals surface area contributed by atoms with Crippen LogP contribution in [0.25, 0.3) is 0 Å². The topological polar surface area (TPSA) is 17.1 Å². The molecule has 0 saturated heterocycles. The van der Waals surface area contributed by atoms with Gasteiger partial charge in [0.25, 0.3) is 0 Å². The number of benzene rings is 1. The number of carbonyl (C=O) groups excluding carboxylic acids is 1. The summed E-state index contributed by atoms with van der Waals surface area (Å²) < 4.78 is 0.991. The predicted molar refractivity (Wildman–Crippen MR) is 92.8 cm³/mol. The molecule has 1 fully saturated rings. The van der Waals surface area contributed by atoms with E-state index in [-0.39, 0.29) is 0 Å². The molecule has 1 aromatic rings. The van der Waals surface area contributed by atoms with Gasteiger partial charge in [-0.15, -0.1) is 0 Å². The Hall–Kier alpha value is -0.630. The maximum Gasteiger partial charge on any atom is 0.150 e. The highest BCUT2D eigenvalue weighted by Crippen LogP contribution is 2.30. The Balaban J connectivity index is 1.86. The second-order valence-electron chi connectivity index (χ2n) is 6.50. The van der Waals surface area contributed by atoms with E-state index in [9.17, 15) is 4.79 Å². The van der Waals surface area contributed by atoms with Crippen molar-refractivity contribution < 1.29 is 4.79 Å². The molecule has 0 spiro atoms. The Morgan fingerprint density at radius 3 is 2.43 bits per heavy atom. The zero-order valence-electron chi connectivity index (χ0n) is 13.1. The standard InChI is InChI=1S/C19H27BrO/c1-2-15-5-3-7-16(8-4-6-15)9-10-17-11-12-19(20)13-18(17)14-21/h11-16H,2-10H2,1H3. The second kappa shape index (κ2) is 8.73. The SMILES string of the molecule is CCC1CCCC(CCc2ccc(Br)cc2C=O)CCC1. The quantitative estimate of drug-likeness (QED) is 0.578. The first kappa shape index (κ1) is 16.7. The lowest BCUT2D eigenvalue weighted by molar-refractivity contribution is 0.112. The van der Waals surface area contributed by atoms with E-state index in [1.807, 2.05) is 12.1 Å². The highest BCUT2D eigenvalue weighted by Gasteiger charge is 2.16. The fourth-order valence-electron chi connectivity index (χ4n) is 3.64. The lowest BCUT2D eigenvalue weighted by atomic mass is 9.82. The van der Waals surface area contributed by atoms with Crippen LogP contribution >= 0.6 is 15.9 Å². The molecule has 1 nitrogen and oxygen atoms in total. The first-order valence-electron chi connectivity index (χ1n) is 8.46. The van der Waals surface area contributed by atoms with Gasteiger partial charge < -0.3 is 0 Å². The third-order valence-electron chi connectivity index (χ3n) is 5.08. The molecule has 0 aliphatic heterocycles. The summed E-state index contributed by atoms with van der Waals surface area (Å²) in [4.78, 5) is 11.2. The highest BCUT2D eigenvalue weighted by molar-refractivity contribution is 9.10. The molecule has 1 aromatic carbocycles. The van der Waals surface area contributed by atoms with E-state index in [1.165, 1.54) is 56.9 Å². The molecule has 0 N–H and O–H groups in total. The molecule has 2 rings (SSSR count). The van der Waals surface area contributed by atoms with Crippen molar-refractivity contribution in [3.05, 3.63) is 33.8 Å². The normalized spacial score (nSPS) is 23.3. The van der Waals surface area contributed by atoms with Gasteiger partial charge in [0, 0.05) is 10.0 Å². The van der Waals surface area contributed by atoms with Gasteiger partial charge >= 0.3 is 0 Å². The smallest absolute Gasteiger partial charge is 0.150 e. The number of hydrogen-bond acceptors (Lipinski definition) is 1. The molecule has 0 bridgehead atoms. The second-order valence-corrected chi connectivity index (χ2v) is 7.42. The van der Waals surface area contributed by atoms with Crippen molar-refractivity contribution in [1.82, 2.24) is 0 Å². The van der Waals surface area contributed by atoms with E-state index in [4.69, 9.17) is 0 Å². The number of halogens is 1. The highest BCUT2D eigenvalue weighted by atomic mass is 79.9. The van der Waals surface area contributed by atoms with Gasteiger partial charge in [0.1, 0.15) is 6.29 Å². The molecule has 0 atom stereocenters. The molecule has 1 aliphatic carbocycles. The first-order chi connectivity index (χ1) is 10.2. The molecule has 0 radical (unpaired) electrons. The summed E-state index contributed by atoms with van der Waals surface area (Å²) in [5.41, 5.74) is 2.06. The van der Waals surface area contributed by atoms with E-state index in [2.05, 4.69) is 28.9 Å². The maximum absolute atomic E-state index is 11.2. The van der Waals surface area contributed by atoms with E-state index in [1.54, 1.807) is 0 Å². The van der Waals surface area contributed by atoms with Crippen LogP contribution in [-0.4, -0.2) is 6.29 Å². The van der Waals surface area contributed by atoms with Crippen LogP contribution in [0.4, 0.5) is 0 Å². The van der Waals surface area contributed by atoms with Crippen LogP contribution in [0.2, 0.25) is 0 Å². The van der Waals surface area contributed by atoms with E-state index >= 15 is 0 Å². The van der Waals surface area contributed by atoms with Crippen LogP contribution in [0.3, 0.4) is 0 Å². The third kappa shape index (κ3) is 5.25. The molecule has 0 amide bonds. The maximum atomic E-state index is 11.2. The lowest BCUT2D eigenvalue weighted by Crippen LogP contribution is -2.10. The minimum absolute atomic E-state index is 0.848. The molecule has 2 heteroatoms. The summed E-state index contributed by atoms with van der Waals surface area (Å²) in [6.45, 7) is 2.33. The molecule has 0 heterocycles. The van der Waals surface area contributed by atoms with Crippen LogP contribution in [0.15, 0.2) is 22.7 Å². The number of aryl methyl sites for hydroxylation is 1. The van der Waals surface area contributed by atoms with Crippen LogP contribution in [0.1, 0.15) is 74.2 Å². The number of hydrogen-bond donors (Lipinski definition) is 0. The van der Waals surface area contributed by atoms with Crippen molar-refractivity contribution in [1.29, 1.82) is 0 Å². The zero-order chi connectivity index (χ0) is 15.1. The van der Waals surface area contributed by atoms with Crippen molar-refractivity contribution in [2.45, 2.75) is 64.7 Å². The minimum Gasteiger partial charge on any atom is -0.298 e. The monoisotopic (exact) mass is 350 g/mol. The van der Waals surface area contributed by atoms with Gasteiger partial charge in [0.2, 0.25) is 0 Å². The summed E-state index contributed by atoms with van der Waals surface area (Å²) in [6.07, 6.45) is 13.0. The van der Waals surface area contributed by atoms with E-state index in [0.717, 1.165) is 34.6 Å². The molecule has 21 heavy (non-hydrogen) atoms. The Kier molecular flexibility index (Phi) is 6.95. The van der Waals surface area contributed by atoms with Crippen molar-refractivity contribution in [2.24, 2.45) is 11.8 Å². The number of aldehydes is 1. The molecular weight excluding hydrogens is 324 g/mol. The Morgan fingerprint density at radius 2 is 1.81 bits per heavy atom. The van der Waals surface area contributed by atoms with E-state index < -0.39 is 0 Å². The van der Waals surface area contributed by atoms with Gasteiger partial charge in [0.15, 0.2) is 0 Å². The lowest BCUT2D eigenvalue weighted by Gasteiger charge is -2.24. The predicted octanol–water partition coefficient (Wildman–Crippen LogP) is 6.19. The molecule has 116 valence electrons. The van der Waals surface area contributed by atoms with Gasteiger partial charge in [-0.05, 0) is 42.4 Å². The Labute approximate surface area is 137 Å². The summed E-state index contributed by atoms with van der Waals surface area (Å²) in [5, 5.41) is 0. The zero-order valence-corrected chi connectivity index (χ0v) is 14.7. The van der Waals surface area contributed by atoms with E-state index in [0.29, 0.717) is 0 Å². The fraction of sp³-hybridized carbons (Fsp3) is 0.632.